The fourth-order valence-electron chi connectivity index (χ4n) is 3.32. The van der Waals surface area contributed by atoms with Crippen molar-refractivity contribution >= 4 is 27.3 Å². The number of carbonyl (C=O) groups is 1. The number of rotatable bonds is 7. The van der Waals surface area contributed by atoms with Gasteiger partial charge in [-0.1, -0.05) is 30.3 Å². The third kappa shape index (κ3) is 5.01. The number of amides is 1. The first-order valence-electron chi connectivity index (χ1n) is 10.4. The molecule has 0 spiro atoms. The Morgan fingerprint density at radius 2 is 1.68 bits per heavy atom. The molecule has 34 heavy (non-hydrogen) atoms. The van der Waals surface area contributed by atoms with Crippen LogP contribution in [0.3, 0.4) is 0 Å². The van der Waals surface area contributed by atoms with Gasteiger partial charge in [0.25, 0.3) is 15.9 Å². The molecule has 1 aliphatic heterocycles. The van der Waals surface area contributed by atoms with Crippen LogP contribution in [-0.4, -0.2) is 39.8 Å². The molecule has 3 aromatic carbocycles. The van der Waals surface area contributed by atoms with Crippen LogP contribution in [-0.2, 0) is 14.8 Å². The first kappa shape index (κ1) is 23.2. The van der Waals surface area contributed by atoms with Gasteiger partial charge in [0.2, 0.25) is 0 Å². The lowest BCUT2D eigenvalue weighted by molar-refractivity contribution is -0.119. The van der Waals surface area contributed by atoms with Gasteiger partial charge >= 0.3 is 0 Å². The van der Waals surface area contributed by atoms with Gasteiger partial charge in [0, 0.05) is 5.56 Å². The maximum Gasteiger partial charge on any atom is 0.264 e. The molecule has 0 saturated carbocycles. The zero-order valence-corrected chi connectivity index (χ0v) is 19.1. The number of nitrogens with zero attached hydrogens (tertiary/aromatic N) is 2. The molecule has 1 aliphatic rings. The molecule has 1 heterocycles. The van der Waals surface area contributed by atoms with E-state index in [-0.39, 0.29) is 10.6 Å². The first-order valence-corrected chi connectivity index (χ1v) is 11.9. The lowest BCUT2D eigenvalue weighted by atomic mass is 10.1. The summed E-state index contributed by atoms with van der Waals surface area (Å²) >= 11 is 0. The number of hydrogen-bond acceptors (Lipinski definition) is 6. The molecule has 8 nitrogen and oxygen atoms in total. The van der Waals surface area contributed by atoms with Gasteiger partial charge < -0.3 is 9.47 Å². The van der Waals surface area contributed by atoms with Gasteiger partial charge in [-0.25, -0.2) is 18.2 Å². The number of benzene rings is 3. The second kappa shape index (κ2) is 9.92. The Balaban J connectivity index is 1.56. The minimum absolute atomic E-state index is 0.0676. The number of fused-ring (bicyclic) bond motifs is 1. The van der Waals surface area contributed by atoms with Crippen LogP contribution in [0.4, 0.5) is 10.1 Å². The predicted molar refractivity (Wildman–Crippen MR) is 125 cm³/mol. The summed E-state index contributed by atoms with van der Waals surface area (Å²) in [6, 6.07) is 18.1. The number of nitrogens with one attached hydrogen (secondary N) is 1. The second-order valence-corrected chi connectivity index (χ2v) is 9.23. The molecule has 0 bridgehead atoms. The Hall–Kier alpha value is -3.92. The van der Waals surface area contributed by atoms with Crippen molar-refractivity contribution in [1.82, 2.24) is 5.43 Å². The standard InChI is InChI=1S/C24H22FN3O5S/c1-17(18-11-12-22-23(15-18)33-14-13-32-22)26-27-24(29)16-28(21-10-6-5-9-20(21)25)34(30,31)19-7-3-2-4-8-19/h2-12,15H,13-14,16H2,1H3,(H,27,29)/b26-17-. The van der Waals surface area contributed by atoms with Crippen LogP contribution in [0.15, 0.2) is 82.8 Å². The largest absolute Gasteiger partial charge is 0.486 e. The second-order valence-electron chi connectivity index (χ2n) is 7.37. The predicted octanol–water partition coefficient (Wildman–Crippen LogP) is 3.33. The van der Waals surface area contributed by atoms with E-state index in [1.807, 2.05) is 0 Å². The molecule has 0 atom stereocenters. The van der Waals surface area contributed by atoms with Crippen LogP contribution in [0.25, 0.3) is 0 Å². The zero-order valence-electron chi connectivity index (χ0n) is 18.3. The van der Waals surface area contributed by atoms with Crippen LogP contribution in [0.1, 0.15) is 12.5 Å². The Labute approximate surface area is 196 Å². The van der Waals surface area contributed by atoms with Crippen molar-refractivity contribution in [3.63, 3.8) is 0 Å². The Morgan fingerprint density at radius 1 is 1.00 bits per heavy atom. The number of anilines is 1. The summed E-state index contributed by atoms with van der Waals surface area (Å²) in [5, 5.41) is 4.07. The highest BCUT2D eigenvalue weighted by Gasteiger charge is 2.29. The highest BCUT2D eigenvalue weighted by molar-refractivity contribution is 7.92. The van der Waals surface area contributed by atoms with Crippen LogP contribution in [0, 0.1) is 5.82 Å². The lowest BCUT2D eigenvalue weighted by Crippen LogP contribution is -2.40. The summed E-state index contributed by atoms with van der Waals surface area (Å²) in [5.41, 5.74) is 3.26. The van der Waals surface area contributed by atoms with E-state index in [2.05, 4.69) is 10.5 Å². The van der Waals surface area contributed by atoms with E-state index < -0.39 is 28.3 Å². The molecule has 10 heteroatoms. The number of carbonyl (C=O) groups excluding carboxylic acids is 1. The monoisotopic (exact) mass is 483 g/mol. The highest BCUT2D eigenvalue weighted by Crippen LogP contribution is 2.31. The van der Waals surface area contributed by atoms with Gasteiger partial charge in [-0.2, -0.15) is 5.10 Å². The normalized spacial score (nSPS) is 13.3. The van der Waals surface area contributed by atoms with Gasteiger partial charge in [0.05, 0.1) is 16.3 Å². The maximum absolute atomic E-state index is 14.5. The van der Waals surface area contributed by atoms with Crippen molar-refractivity contribution in [3.8, 4) is 11.5 Å². The Kier molecular flexibility index (Phi) is 6.78. The molecule has 0 aliphatic carbocycles. The first-order chi connectivity index (χ1) is 16.4. The average Bonchev–Trinajstić information content (AvgIpc) is 2.86. The van der Waals surface area contributed by atoms with E-state index >= 15 is 0 Å². The van der Waals surface area contributed by atoms with Crippen molar-refractivity contribution in [2.45, 2.75) is 11.8 Å². The van der Waals surface area contributed by atoms with E-state index in [1.54, 1.807) is 43.3 Å². The Morgan fingerprint density at radius 3 is 2.41 bits per heavy atom. The van der Waals surface area contributed by atoms with Gasteiger partial charge in [-0.15, -0.1) is 0 Å². The molecule has 0 radical (unpaired) electrons. The van der Waals surface area contributed by atoms with Crippen molar-refractivity contribution in [1.29, 1.82) is 0 Å². The molecular weight excluding hydrogens is 461 g/mol. The average molecular weight is 484 g/mol. The summed E-state index contributed by atoms with van der Waals surface area (Å²) in [6.07, 6.45) is 0. The number of halogens is 1. The van der Waals surface area contributed by atoms with E-state index in [0.717, 1.165) is 10.4 Å². The SMILES string of the molecule is C/C(=N/NC(=O)CN(c1ccccc1F)S(=O)(=O)c1ccccc1)c1ccc2c(c1)OCCO2. The topological polar surface area (TPSA) is 97.3 Å². The van der Waals surface area contributed by atoms with Crippen LogP contribution >= 0.6 is 0 Å². The van der Waals surface area contributed by atoms with Gasteiger partial charge in [-0.3, -0.25) is 9.10 Å². The summed E-state index contributed by atoms with van der Waals surface area (Å²) in [4.78, 5) is 12.6. The number of hydrazone groups is 1. The van der Waals surface area contributed by atoms with Gasteiger partial charge in [-0.05, 0) is 49.4 Å². The molecule has 1 N–H and O–H groups in total. The smallest absolute Gasteiger partial charge is 0.264 e. The summed E-state index contributed by atoms with van der Waals surface area (Å²) < 4.78 is 52.8. The van der Waals surface area contributed by atoms with E-state index in [4.69, 9.17) is 9.47 Å². The number of ether oxygens (including phenoxy) is 2. The quantitative estimate of drug-likeness (QED) is 0.411. The molecule has 3 aromatic rings. The van der Waals surface area contributed by atoms with E-state index in [0.29, 0.717) is 36.0 Å². The third-order valence-electron chi connectivity index (χ3n) is 5.05. The molecule has 1 amide bonds. The fraction of sp³-hybridized carbons (Fsp3) is 0.167. The fourth-order valence-corrected chi connectivity index (χ4v) is 4.77. The van der Waals surface area contributed by atoms with Crippen molar-refractivity contribution < 1.29 is 27.1 Å². The number of hydrogen-bond donors (Lipinski definition) is 1. The zero-order chi connectivity index (χ0) is 24.1. The van der Waals surface area contributed by atoms with Crippen molar-refractivity contribution in [2.24, 2.45) is 5.10 Å². The molecule has 0 unspecified atom stereocenters. The number of sulfonamides is 1. The van der Waals surface area contributed by atoms with Crippen LogP contribution in [0.5, 0.6) is 11.5 Å². The summed E-state index contributed by atoms with van der Waals surface area (Å²) in [5.74, 6) is -0.312. The highest BCUT2D eigenvalue weighted by atomic mass is 32.2. The maximum atomic E-state index is 14.5. The molecule has 176 valence electrons. The molecule has 0 saturated heterocycles. The van der Waals surface area contributed by atoms with E-state index in [9.17, 15) is 17.6 Å². The van der Waals surface area contributed by atoms with Crippen LogP contribution in [0.2, 0.25) is 0 Å². The lowest BCUT2D eigenvalue weighted by Gasteiger charge is -2.24. The van der Waals surface area contributed by atoms with Gasteiger partial charge in [0.1, 0.15) is 25.6 Å². The third-order valence-corrected chi connectivity index (χ3v) is 6.82. The summed E-state index contributed by atoms with van der Waals surface area (Å²) in [6.45, 7) is 1.92. The minimum atomic E-state index is -4.22. The summed E-state index contributed by atoms with van der Waals surface area (Å²) in [7, 11) is -4.22. The van der Waals surface area contributed by atoms with Crippen molar-refractivity contribution in [2.75, 3.05) is 24.1 Å². The molecule has 4 rings (SSSR count). The minimum Gasteiger partial charge on any atom is -0.486 e. The van der Waals surface area contributed by atoms with E-state index in [1.165, 1.54) is 30.3 Å². The number of para-hydroxylation sites is 1. The van der Waals surface area contributed by atoms with Crippen molar-refractivity contribution in [3.05, 3.63) is 84.2 Å². The molecule has 0 fully saturated rings. The molecule has 0 aromatic heterocycles. The van der Waals surface area contributed by atoms with Crippen LogP contribution < -0.4 is 19.2 Å². The Bertz CT molecular complexity index is 1330. The van der Waals surface area contributed by atoms with Gasteiger partial charge in [0.15, 0.2) is 11.5 Å². The molecular formula is C24H22FN3O5S.